The number of nitrogens with one attached hydrogen (secondary N) is 1. The van der Waals surface area contributed by atoms with Gasteiger partial charge in [-0.2, -0.15) is 4.98 Å². The van der Waals surface area contributed by atoms with Crippen LogP contribution in [0, 0.1) is 6.92 Å². The van der Waals surface area contributed by atoms with E-state index in [0.717, 1.165) is 36.0 Å². The van der Waals surface area contributed by atoms with Gasteiger partial charge in [-0.25, -0.2) is 0 Å². The number of ether oxygens (including phenoxy) is 1. The first kappa shape index (κ1) is 15.3. The second-order valence-corrected chi connectivity index (χ2v) is 5.85. The van der Waals surface area contributed by atoms with Gasteiger partial charge in [0.15, 0.2) is 12.4 Å². The molecule has 118 valence electrons. The second kappa shape index (κ2) is 6.64. The molecule has 0 aliphatic carbocycles. The van der Waals surface area contributed by atoms with Crippen LogP contribution in [0.25, 0.3) is 0 Å². The SMILES string of the molecule is Cc1cc(OCc2nc(C3CNCCN3C)no2)ccc1Cl. The Morgan fingerprint density at radius 3 is 3.14 bits per heavy atom. The highest BCUT2D eigenvalue weighted by Gasteiger charge is 2.25. The fourth-order valence-corrected chi connectivity index (χ4v) is 2.53. The first-order chi connectivity index (χ1) is 10.6. The van der Waals surface area contributed by atoms with E-state index in [1.807, 2.05) is 25.1 Å². The van der Waals surface area contributed by atoms with Gasteiger partial charge in [-0.15, -0.1) is 0 Å². The first-order valence-corrected chi connectivity index (χ1v) is 7.63. The van der Waals surface area contributed by atoms with Crippen LogP contribution in [0.1, 0.15) is 23.3 Å². The largest absolute Gasteiger partial charge is 0.484 e. The van der Waals surface area contributed by atoms with Gasteiger partial charge in [-0.05, 0) is 37.7 Å². The Balaban J connectivity index is 1.63. The minimum absolute atomic E-state index is 0.143. The molecule has 0 amide bonds. The van der Waals surface area contributed by atoms with Gasteiger partial charge in [0.25, 0.3) is 5.89 Å². The van der Waals surface area contributed by atoms with E-state index in [1.165, 1.54) is 0 Å². The predicted molar refractivity (Wildman–Crippen MR) is 83.1 cm³/mol. The van der Waals surface area contributed by atoms with Crippen LogP contribution in [0.15, 0.2) is 22.7 Å². The van der Waals surface area contributed by atoms with E-state index < -0.39 is 0 Å². The summed E-state index contributed by atoms with van der Waals surface area (Å²) in [5.41, 5.74) is 0.972. The summed E-state index contributed by atoms with van der Waals surface area (Å²) < 4.78 is 10.9. The quantitative estimate of drug-likeness (QED) is 0.931. The van der Waals surface area contributed by atoms with Gasteiger partial charge in [-0.1, -0.05) is 16.8 Å². The van der Waals surface area contributed by atoms with E-state index in [1.54, 1.807) is 0 Å². The van der Waals surface area contributed by atoms with Crippen molar-refractivity contribution in [3.05, 3.63) is 40.5 Å². The Morgan fingerprint density at radius 1 is 1.50 bits per heavy atom. The van der Waals surface area contributed by atoms with E-state index in [4.69, 9.17) is 20.9 Å². The monoisotopic (exact) mass is 322 g/mol. The van der Waals surface area contributed by atoms with Crippen molar-refractivity contribution in [2.75, 3.05) is 26.7 Å². The fourth-order valence-electron chi connectivity index (χ4n) is 2.41. The van der Waals surface area contributed by atoms with Crippen molar-refractivity contribution in [2.45, 2.75) is 19.6 Å². The summed E-state index contributed by atoms with van der Waals surface area (Å²) in [4.78, 5) is 6.65. The first-order valence-electron chi connectivity index (χ1n) is 7.26. The molecular formula is C15H19ClN4O2. The van der Waals surface area contributed by atoms with Crippen LogP contribution in [-0.4, -0.2) is 41.7 Å². The summed E-state index contributed by atoms with van der Waals surface area (Å²) in [5.74, 6) is 1.90. The molecule has 0 bridgehead atoms. The lowest BCUT2D eigenvalue weighted by atomic mass is 10.2. The number of hydrogen-bond acceptors (Lipinski definition) is 6. The fraction of sp³-hybridized carbons (Fsp3) is 0.467. The smallest absolute Gasteiger partial charge is 0.264 e. The van der Waals surface area contributed by atoms with Crippen molar-refractivity contribution in [3.63, 3.8) is 0 Å². The Bertz CT molecular complexity index is 646. The molecule has 2 aromatic rings. The topological polar surface area (TPSA) is 63.4 Å². The minimum Gasteiger partial charge on any atom is -0.484 e. The van der Waals surface area contributed by atoms with Gasteiger partial charge in [0.1, 0.15) is 5.75 Å². The molecule has 7 heteroatoms. The average Bonchev–Trinajstić information content (AvgIpc) is 2.98. The molecule has 1 unspecified atom stereocenters. The third-order valence-electron chi connectivity index (χ3n) is 3.78. The third-order valence-corrected chi connectivity index (χ3v) is 4.21. The maximum absolute atomic E-state index is 5.99. The van der Waals surface area contributed by atoms with E-state index in [9.17, 15) is 0 Å². The molecule has 0 saturated carbocycles. The van der Waals surface area contributed by atoms with Gasteiger partial charge < -0.3 is 14.6 Å². The molecule has 22 heavy (non-hydrogen) atoms. The molecule has 3 rings (SSSR count). The highest BCUT2D eigenvalue weighted by molar-refractivity contribution is 6.31. The molecule has 1 saturated heterocycles. The molecule has 1 fully saturated rings. The van der Waals surface area contributed by atoms with Crippen molar-refractivity contribution < 1.29 is 9.26 Å². The van der Waals surface area contributed by atoms with Gasteiger partial charge in [0, 0.05) is 24.7 Å². The van der Waals surface area contributed by atoms with E-state index in [-0.39, 0.29) is 12.6 Å². The van der Waals surface area contributed by atoms with Crippen LogP contribution < -0.4 is 10.1 Å². The summed E-state index contributed by atoms with van der Waals surface area (Å²) in [6.07, 6.45) is 0. The van der Waals surface area contributed by atoms with E-state index in [0.29, 0.717) is 11.7 Å². The van der Waals surface area contributed by atoms with Crippen LogP contribution in [0.4, 0.5) is 0 Å². The summed E-state index contributed by atoms with van der Waals surface area (Å²) in [7, 11) is 2.06. The van der Waals surface area contributed by atoms with Gasteiger partial charge in [0.05, 0.1) is 6.04 Å². The lowest BCUT2D eigenvalue weighted by Crippen LogP contribution is -2.44. The molecule has 2 heterocycles. The number of benzene rings is 1. The molecule has 1 N–H and O–H groups in total. The molecular weight excluding hydrogens is 304 g/mol. The number of aromatic nitrogens is 2. The summed E-state index contributed by atoms with van der Waals surface area (Å²) in [6, 6.07) is 5.67. The van der Waals surface area contributed by atoms with Crippen molar-refractivity contribution in [3.8, 4) is 5.75 Å². The van der Waals surface area contributed by atoms with Crippen molar-refractivity contribution in [1.29, 1.82) is 0 Å². The second-order valence-electron chi connectivity index (χ2n) is 5.45. The van der Waals surface area contributed by atoms with Crippen LogP contribution in [0.5, 0.6) is 5.75 Å². The number of likely N-dealkylation sites (N-methyl/N-ethyl adjacent to an activating group) is 1. The zero-order valence-electron chi connectivity index (χ0n) is 12.7. The Morgan fingerprint density at radius 2 is 2.36 bits per heavy atom. The van der Waals surface area contributed by atoms with Crippen LogP contribution in [0.2, 0.25) is 5.02 Å². The van der Waals surface area contributed by atoms with Crippen molar-refractivity contribution >= 4 is 11.6 Å². The van der Waals surface area contributed by atoms with Crippen LogP contribution in [-0.2, 0) is 6.61 Å². The Hall–Kier alpha value is -1.63. The number of halogens is 1. The maximum atomic E-state index is 5.99. The third kappa shape index (κ3) is 3.40. The lowest BCUT2D eigenvalue weighted by molar-refractivity contribution is 0.189. The van der Waals surface area contributed by atoms with Crippen LogP contribution >= 0.6 is 11.6 Å². The zero-order chi connectivity index (χ0) is 15.5. The molecule has 6 nitrogen and oxygen atoms in total. The molecule has 1 aromatic heterocycles. The highest BCUT2D eigenvalue weighted by Crippen LogP contribution is 2.22. The van der Waals surface area contributed by atoms with E-state index >= 15 is 0 Å². The zero-order valence-corrected chi connectivity index (χ0v) is 13.4. The molecule has 0 spiro atoms. The summed E-state index contributed by atoms with van der Waals surface area (Å²) in [5, 5.41) is 8.12. The molecule has 0 radical (unpaired) electrons. The standard InChI is InChI=1S/C15H19ClN4O2/c1-10-7-11(3-4-12(10)16)21-9-14-18-15(19-22-14)13-8-17-5-6-20(13)2/h3-4,7,13,17H,5-6,8-9H2,1-2H3. The molecule has 1 aromatic carbocycles. The minimum atomic E-state index is 0.143. The maximum Gasteiger partial charge on any atom is 0.264 e. The van der Waals surface area contributed by atoms with Crippen molar-refractivity contribution in [2.24, 2.45) is 0 Å². The number of rotatable bonds is 4. The normalized spacial score (nSPS) is 19.3. The van der Waals surface area contributed by atoms with Gasteiger partial charge >= 0.3 is 0 Å². The summed E-state index contributed by atoms with van der Waals surface area (Å²) in [6.45, 7) is 4.96. The van der Waals surface area contributed by atoms with Crippen molar-refractivity contribution in [1.82, 2.24) is 20.4 Å². The number of nitrogens with zero attached hydrogens (tertiary/aromatic N) is 3. The predicted octanol–water partition coefficient (Wildman–Crippen LogP) is 2.19. The lowest BCUT2D eigenvalue weighted by Gasteiger charge is -2.30. The Kier molecular flexibility index (Phi) is 4.61. The number of hydrogen-bond donors (Lipinski definition) is 1. The Labute approximate surface area is 134 Å². The van der Waals surface area contributed by atoms with Crippen LogP contribution in [0.3, 0.4) is 0 Å². The highest BCUT2D eigenvalue weighted by atomic mass is 35.5. The van der Waals surface area contributed by atoms with E-state index in [2.05, 4.69) is 27.4 Å². The average molecular weight is 323 g/mol. The van der Waals surface area contributed by atoms with Gasteiger partial charge in [-0.3, -0.25) is 4.90 Å². The number of piperazine rings is 1. The molecule has 1 aliphatic rings. The molecule has 1 aliphatic heterocycles. The van der Waals surface area contributed by atoms with Gasteiger partial charge in [0.2, 0.25) is 0 Å². The molecule has 1 atom stereocenters. The number of aryl methyl sites for hydroxylation is 1. The summed E-state index contributed by atoms with van der Waals surface area (Å²) >= 11 is 5.99.